The van der Waals surface area contributed by atoms with Crippen molar-refractivity contribution < 1.29 is 4.21 Å². The third-order valence-corrected chi connectivity index (χ3v) is 3.03. The Balaban J connectivity index is 2.17. The van der Waals surface area contributed by atoms with Crippen LogP contribution in [0.3, 0.4) is 0 Å². The molecule has 2 rings (SSSR count). The van der Waals surface area contributed by atoms with Crippen molar-refractivity contribution in [1.82, 2.24) is 15.2 Å². The summed E-state index contributed by atoms with van der Waals surface area (Å²) in [6, 6.07) is 0. The lowest BCUT2D eigenvalue weighted by Gasteiger charge is -1.87. The number of hydrogen-bond acceptors (Lipinski definition) is 3. The first-order chi connectivity index (χ1) is 5.81. The van der Waals surface area contributed by atoms with Gasteiger partial charge in [0.15, 0.2) is 0 Å². The SMILES string of the molecule is CCS(=O)c1n[nH]c(C2CC2)n1. The second-order valence-electron chi connectivity index (χ2n) is 2.91. The van der Waals surface area contributed by atoms with Crippen LogP contribution in [0.2, 0.25) is 0 Å². The van der Waals surface area contributed by atoms with Crippen molar-refractivity contribution in [2.45, 2.75) is 30.8 Å². The van der Waals surface area contributed by atoms with Gasteiger partial charge in [-0.15, -0.1) is 5.10 Å². The second-order valence-corrected chi connectivity index (χ2v) is 4.55. The molecule has 1 atom stereocenters. The molecule has 0 saturated heterocycles. The Morgan fingerprint density at radius 1 is 1.67 bits per heavy atom. The lowest BCUT2D eigenvalue weighted by Crippen LogP contribution is -1.96. The highest BCUT2D eigenvalue weighted by molar-refractivity contribution is 7.84. The summed E-state index contributed by atoms with van der Waals surface area (Å²) in [6.45, 7) is 1.86. The van der Waals surface area contributed by atoms with Gasteiger partial charge in [0.2, 0.25) is 5.16 Å². The fraction of sp³-hybridized carbons (Fsp3) is 0.714. The Kier molecular flexibility index (Phi) is 1.96. The van der Waals surface area contributed by atoms with E-state index in [-0.39, 0.29) is 0 Å². The Hall–Kier alpha value is -0.710. The highest BCUT2D eigenvalue weighted by Gasteiger charge is 2.27. The zero-order valence-electron chi connectivity index (χ0n) is 6.91. The first-order valence-electron chi connectivity index (χ1n) is 4.12. The van der Waals surface area contributed by atoms with Crippen LogP contribution in [0.1, 0.15) is 31.5 Å². The number of H-pyrrole nitrogens is 1. The molecule has 1 heterocycles. The molecule has 0 aromatic carbocycles. The predicted octanol–water partition coefficient (Wildman–Crippen LogP) is 0.810. The molecule has 1 unspecified atom stereocenters. The molecule has 0 amide bonds. The maximum Gasteiger partial charge on any atom is 0.238 e. The molecule has 4 nitrogen and oxygen atoms in total. The molecular formula is C7H11N3OS. The molecule has 1 aliphatic rings. The van der Waals surface area contributed by atoms with E-state index in [4.69, 9.17) is 0 Å². The first-order valence-corrected chi connectivity index (χ1v) is 5.44. The zero-order chi connectivity index (χ0) is 8.55. The molecule has 1 aromatic rings. The minimum absolute atomic E-state index is 0.458. The Morgan fingerprint density at radius 3 is 3.00 bits per heavy atom. The highest BCUT2D eigenvalue weighted by Crippen LogP contribution is 2.37. The Morgan fingerprint density at radius 2 is 2.42 bits per heavy atom. The third kappa shape index (κ3) is 1.41. The van der Waals surface area contributed by atoms with Gasteiger partial charge in [0, 0.05) is 11.7 Å². The predicted molar refractivity (Wildman–Crippen MR) is 45.3 cm³/mol. The molecule has 66 valence electrons. The zero-order valence-corrected chi connectivity index (χ0v) is 7.73. The summed E-state index contributed by atoms with van der Waals surface area (Å²) in [5.74, 6) is 2.05. The molecule has 1 aromatic heterocycles. The van der Waals surface area contributed by atoms with Crippen molar-refractivity contribution in [3.8, 4) is 0 Å². The summed E-state index contributed by atoms with van der Waals surface area (Å²) in [5.41, 5.74) is 0. The van der Waals surface area contributed by atoms with Crippen LogP contribution in [0.25, 0.3) is 0 Å². The molecule has 0 bridgehead atoms. The van der Waals surface area contributed by atoms with E-state index < -0.39 is 10.8 Å². The van der Waals surface area contributed by atoms with E-state index >= 15 is 0 Å². The molecule has 1 fully saturated rings. The maximum absolute atomic E-state index is 11.2. The molecule has 0 radical (unpaired) electrons. The maximum atomic E-state index is 11.2. The number of aromatic nitrogens is 3. The summed E-state index contributed by atoms with van der Waals surface area (Å²) < 4.78 is 11.2. The van der Waals surface area contributed by atoms with Gasteiger partial charge in [0.05, 0.1) is 10.8 Å². The average molecular weight is 185 g/mol. The first kappa shape index (κ1) is 7.91. The van der Waals surface area contributed by atoms with Gasteiger partial charge >= 0.3 is 0 Å². The second kappa shape index (κ2) is 2.97. The van der Waals surface area contributed by atoms with E-state index in [1.54, 1.807) is 0 Å². The summed E-state index contributed by atoms with van der Waals surface area (Å²) in [6.07, 6.45) is 2.38. The lowest BCUT2D eigenvalue weighted by atomic mass is 10.4. The fourth-order valence-corrected chi connectivity index (χ4v) is 1.63. The van der Waals surface area contributed by atoms with Crippen molar-refractivity contribution in [3.05, 3.63) is 5.82 Å². The summed E-state index contributed by atoms with van der Waals surface area (Å²) in [7, 11) is -1.01. The molecule has 5 heteroatoms. The van der Waals surface area contributed by atoms with E-state index in [0.29, 0.717) is 16.8 Å². The minimum atomic E-state index is -1.01. The van der Waals surface area contributed by atoms with Gasteiger partial charge in [-0.1, -0.05) is 6.92 Å². The van der Waals surface area contributed by atoms with Crippen molar-refractivity contribution >= 4 is 10.8 Å². The van der Waals surface area contributed by atoms with Crippen LogP contribution in [0.15, 0.2) is 5.16 Å². The lowest BCUT2D eigenvalue weighted by molar-refractivity contribution is 0.677. The van der Waals surface area contributed by atoms with Gasteiger partial charge in [-0.2, -0.15) is 0 Å². The Labute approximate surface area is 73.2 Å². The van der Waals surface area contributed by atoms with Crippen molar-refractivity contribution in [2.75, 3.05) is 5.75 Å². The molecule has 0 spiro atoms. The number of rotatable bonds is 3. The smallest absolute Gasteiger partial charge is 0.238 e. The van der Waals surface area contributed by atoms with Crippen LogP contribution in [-0.4, -0.2) is 25.1 Å². The van der Waals surface area contributed by atoms with Gasteiger partial charge in [-0.05, 0) is 12.8 Å². The van der Waals surface area contributed by atoms with E-state index in [1.165, 1.54) is 12.8 Å². The minimum Gasteiger partial charge on any atom is -0.262 e. The van der Waals surface area contributed by atoms with Crippen LogP contribution < -0.4 is 0 Å². The van der Waals surface area contributed by atoms with E-state index in [2.05, 4.69) is 15.2 Å². The summed E-state index contributed by atoms with van der Waals surface area (Å²) >= 11 is 0. The van der Waals surface area contributed by atoms with E-state index in [9.17, 15) is 4.21 Å². The summed E-state index contributed by atoms with van der Waals surface area (Å²) in [5, 5.41) is 7.20. The fourth-order valence-electron chi connectivity index (χ4n) is 1.03. The number of aromatic amines is 1. The van der Waals surface area contributed by atoms with Gasteiger partial charge in [-0.3, -0.25) is 9.31 Å². The number of nitrogens with zero attached hydrogens (tertiary/aromatic N) is 2. The normalized spacial score (nSPS) is 19.4. The topological polar surface area (TPSA) is 58.6 Å². The van der Waals surface area contributed by atoms with Gasteiger partial charge in [0.1, 0.15) is 5.82 Å². The quantitative estimate of drug-likeness (QED) is 0.758. The molecule has 0 aliphatic heterocycles. The monoisotopic (exact) mass is 185 g/mol. The number of nitrogens with one attached hydrogen (secondary N) is 1. The van der Waals surface area contributed by atoms with Crippen molar-refractivity contribution in [3.63, 3.8) is 0 Å². The largest absolute Gasteiger partial charge is 0.262 e. The van der Waals surface area contributed by atoms with Crippen LogP contribution >= 0.6 is 0 Å². The van der Waals surface area contributed by atoms with Crippen LogP contribution in [-0.2, 0) is 10.8 Å². The molecular weight excluding hydrogens is 174 g/mol. The highest BCUT2D eigenvalue weighted by atomic mass is 32.2. The van der Waals surface area contributed by atoms with Crippen LogP contribution in [0, 0.1) is 0 Å². The third-order valence-electron chi connectivity index (χ3n) is 1.91. The van der Waals surface area contributed by atoms with Crippen molar-refractivity contribution in [1.29, 1.82) is 0 Å². The van der Waals surface area contributed by atoms with Gasteiger partial charge in [0.25, 0.3) is 0 Å². The molecule has 1 N–H and O–H groups in total. The average Bonchev–Trinajstić information content (AvgIpc) is 2.83. The van der Waals surface area contributed by atoms with Gasteiger partial charge in [-0.25, -0.2) is 4.98 Å². The van der Waals surface area contributed by atoms with Crippen LogP contribution in [0.5, 0.6) is 0 Å². The van der Waals surface area contributed by atoms with E-state index in [1.807, 2.05) is 6.92 Å². The Bertz CT molecular complexity index is 305. The number of hydrogen-bond donors (Lipinski definition) is 1. The molecule has 1 aliphatic carbocycles. The van der Waals surface area contributed by atoms with Crippen molar-refractivity contribution in [2.24, 2.45) is 0 Å². The van der Waals surface area contributed by atoms with Crippen LogP contribution in [0.4, 0.5) is 0 Å². The standard InChI is InChI=1S/C7H11N3OS/c1-2-12(11)7-8-6(9-10-7)5-3-4-5/h5H,2-4H2,1H3,(H,8,9,10). The van der Waals surface area contributed by atoms with Gasteiger partial charge < -0.3 is 0 Å². The van der Waals surface area contributed by atoms with E-state index in [0.717, 1.165) is 5.82 Å². The summed E-state index contributed by atoms with van der Waals surface area (Å²) in [4.78, 5) is 4.18. The molecule has 12 heavy (non-hydrogen) atoms. The molecule has 1 saturated carbocycles.